The average molecular weight is 627 g/mol. The monoisotopic (exact) mass is 626 g/mol. The molecule has 0 spiro atoms. The van der Waals surface area contributed by atoms with Crippen molar-refractivity contribution in [3.63, 3.8) is 0 Å². The summed E-state index contributed by atoms with van der Waals surface area (Å²) in [7, 11) is 3.12. The molecule has 0 bridgehead atoms. The summed E-state index contributed by atoms with van der Waals surface area (Å²) >= 11 is 0. The van der Waals surface area contributed by atoms with E-state index in [-0.39, 0.29) is 12.1 Å². The summed E-state index contributed by atoms with van der Waals surface area (Å²) in [6.07, 6.45) is 3.63. The van der Waals surface area contributed by atoms with Gasteiger partial charge in [0.25, 0.3) is 0 Å². The van der Waals surface area contributed by atoms with Crippen LogP contribution in [0.5, 0.6) is 0 Å². The van der Waals surface area contributed by atoms with E-state index in [1.165, 1.54) is 0 Å². The molecule has 4 aromatic heterocycles. The first kappa shape index (κ1) is 29.8. The molecule has 0 N–H and O–H groups in total. The Kier molecular flexibility index (Phi) is 8.12. The maximum absolute atomic E-state index is 4.86. The molecule has 2 aromatic carbocycles. The summed E-state index contributed by atoms with van der Waals surface area (Å²) in [5, 5.41) is 38.2. The quantitative estimate of drug-likeness (QED) is 0.163. The Bertz CT molecular complexity index is 1760. The summed E-state index contributed by atoms with van der Waals surface area (Å²) in [6, 6.07) is 12.7. The van der Waals surface area contributed by atoms with Gasteiger partial charge in [0, 0.05) is 0 Å². The molecule has 12 nitrogen and oxygen atoms in total. The Morgan fingerprint density at radius 1 is 0.568 bits per heavy atom. The number of benzene rings is 2. The van der Waals surface area contributed by atoms with Crippen molar-refractivity contribution in [2.75, 3.05) is 0 Å². The number of aryl methyl sites for hydroxylation is 4. The van der Waals surface area contributed by atoms with Crippen LogP contribution in [0.3, 0.4) is 0 Å². The highest BCUT2D eigenvalue weighted by Crippen LogP contribution is 2.46. The summed E-state index contributed by atoms with van der Waals surface area (Å²) in [5.41, 5.74) is 8.07. The van der Waals surface area contributed by atoms with Crippen molar-refractivity contribution in [1.29, 1.82) is 0 Å². The Morgan fingerprint density at radius 3 is 1.25 bits per heavy atom. The van der Waals surface area contributed by atoms with Crippen molar-refractivity contribution >= 4 is 21.6 Å². The minimum absolute atomic E-state index is 0.0800. The molecule has 0 saturated carbocycles. The first-order valence-electron chi connectivity index (χ1n) is 14.4. The van der Waals surface area contributed by atoms with E-state index in [1.54, 1.807) is 31.2 Å². The normalized spacial score (nSPS) is 11.8. The Balaban J connectivity index is 1.50. The summed E-state index contributed by atoms with van der Waals surface area (Å²) in [4.78, 5) is 3.23. The lowest BCUT2D eigenvalue weighted by molar-refractivity contribution is 0.455. The molecule has 0 amide bonds. The van der Waals surface area contributed by atoms with E-state index >= 15 is 0 Å². The molecule has 4 heterocycles. The molecule has 0 aliphatic rings. The number of nitrogens with zero attached hydrogens (tertiary/aromatic N) is 12. The Hall–Kier alpha value is -4.30. The van der Waals surface area contributed by atoms with Crippen LogP contribution in [0.1, 0.15) is 62.0 Å². The summed E-state index contributed by atoms with van der Waals surface area (Å²) in [6.45, 7) is 16.5. The molecule has 0 unspecified atom stereocenters. The van der Waals surface area contributed by atoms with E-state index in [9.17, 15) is 0 Å². The summed E-state index contributed by atoms with van der Waals surface area (Å²) in [5.74, 6) is 1.04. The predicted molar refractivity (Wildman–Crippen MR) is 172 cm³/mol. The second-order valence-electron chi connectivity index (χ2n) is 11.3. The first-order chi connectivity index (χ1) is 21.1. The fourth-order valence-corrected chi connectivity index (χ4v) is 7.40. The van der Waals surface area contributed by atoms with Crippen molar-refractivity contribution in [3.05, 3.63) is 71.0 Å². The molecule has 226 valence electrons. The Morgan fingerprint density at radius 2 is 0.932 bits per heavy atom. The zero-order chi connectivity index (χ0) is 31.1. The van der Waals surface area contributed by atoms with E-state index in [0.717, 1.165) is 54.8 Å². The second kappa shape index (κ2) is 12.0. The van der Waals surface area contributed by atoms with Crippen LogP contribution in [0.4, 0.5) is 0 Å². The van der Waals surface area contributed by atoms with E-state index in [0.29, 0.717) is 11.6 Å². The average Bonchev–Trinajstić information content (AvgIpc) is 3.78. The second-order valence-corrected chi connectivity index (χ2v) is 13.4. The van der Waals surface area contributed by atoms with Gasteiger partial charge in [-0.2, -0.15) is 19.8 Å². The van der Waals surface area contributed by atoms with Crippen LogP contribution in [0.2, 0.25) is 0 Å². The number of aromatic nitrogens is 12. The van der Waals surface area contributed by atoms with Crippen LogP contribution in [0.25, 0.3) is 34.2 Å². The van der Waals surface area contributed by atoms with Gasteiger partial charge >= 0.3 is 0 Å². The van der Waals surface area contributed by atoms with E-state index in [1.807, 2.05) is 49.5 Å². The topological polar surface area (TPSA) is 123 Å². The lowest BCUT2D eigenvalue weighted by atomic mass is 10.1. The molecule has 14 heteroatoms. The lowest BCUT2D eigenvalue weighted by Crippen LogP contribution is -2.05. The van der Waals surface area contributed by atoms with Crippen LogP contribution in [0, 0.1) is 27.7 Å². The van der Waals surface area contributed by atoms with Gasteiger partial charge in [0.2, 0.25) is 11.6 Å². The van der Waals surface area contributed by atoms with Gasteiger partial charge in [0.05, 0.1) is 47.0 Å². The van der Waals surface area contributed by atoms with Gasteiger partial charge in [-0.25, -0.2) is 9.36 Å². The third kappa shape index (κ3) is 5.43. The van der Waals surface area contributed by atoms with Gasteiger partial charge in [-0.05, 0) is 110 Å². The standard InChI is InChI=1S/C30H34N12S2/c1-17(2)41-35-27(33-37-41)23-15-31-39(25-19(5)11-9-12-20(25)6)29(23)43-44-30-24(28-34-38-42(36-28)18(3)4)16-32-40(30)26-21(7)13-10-14-22(26)8/h9-18H,1-8H3. The van der Waals surface area contributed by atoms with Crippen LogP contribution in [-0.4, -0.2) is 60.0 Å². The minimum Gasteiger partial charge on any atom is -0.225 e. The molecule has 6 aromatic rings. The molecule has 0 aliphatic carbocycles. The van der Waals surface area contributed by atoms with E-state index in [4.69, 9.17) is 10.2 Å². The van der Waals surface area contributed by atoms with Gasteiger partial charge < -0.3 is 0 Å². The first-order valence-corrected chi connectivity index (χ1v) is 16.5. The van der Waals surface area contributed by atoms with E-state index in [2.05, 4.69) is 94.9 Å². The zero-order valence-electron chi connectivity index (χ0n) is 26.0. The number of tetrazole rings is 2. The maximum atomic E-state index is 4.86. The third-order valence-corrected chi connectivity index (χ3v) is 9.60. The fraction of sp³-hybridized carbons (Fsp3) is 0.333. The molecule has 0 aliphatic heterocycles. The molecule has 6 rings (SSSR count). The molecule has 0 saturated heterocycles. The number of hydrogen-bond donors (Lipinski definition) is 0. The largest absolute Gasteiger partial charge is 0.225 e. The zero-order valence-corrected chi connectivity index (χ0v) is 27.6. The highest BCUT2D eigenvalue weighted by atomic mass is 33.1. The molecule has 0 atom stereocenters. The molecule has 0 radical (unpaired) electrons. The number of rotatable bonds is 9. The SMILES string of the molecule is Cc1cccc(C)c1-n1ncc(-c2nnn(C(C)C)n2)c1SSc1c(-c2nnn(C(C)C)n2)cnn1-c1c(C)cccc1C. The molecule has 0 fully saturated rings. The van der Waals surface area contributed by atoms with Crippen molar-refractivity contribution in [3.8, 4) is 34.2 Å². The van der Waals surface area contributed by atoms with Crippen LogP contribution in [0.15, 0.2) is 58.8 Å². The Labute approximate surface area is 263 Å². The van der Waals surface area contributed by atoms with Crippen molar-refractivity contribution in [2.24, 2.45) is 0 Å². The van der Waals surface area contributed by atoms with Gasteiger partial charge in [-0.15, -0.1) is 20.4 Å². The smallest absolute Gasteiger partial charge is 0.209 e. The highest BCUT2D eigenvalue weighted by Gasteiger charge is 2.26. The predicted octanol–water partition coefficient (Wildman–Crippen LogP) is 6.56. The van der Waals surface area contributed by atoms with Crippen LogP contribution in [-0.2, 0) is 0 Å². The third-order valence-electron chi connectivity index (χ3n) is 7.21. The van der Waals surface area contributed by atoms with Gasteiger partial charge in [0.1, 0.15) is 10.1 Å². The number of hydrogen-bond acceptors (Lipinski definition) is 10. The van der Waals surface area contributed by atoms with Crippen molar-refractivity contribution in [2.45, 2.75) is 77.5 Å². The summed E-state index contributed by atoms with van der Waals surface area (Å²) < 4.78 is 3.95. The minimum atomic E-state index is 0.0800. The fourth-order valence-electron chi connectivity index (χ4n) is 4.92. The lowest BCUT2D eigenvalue weighted by Gasteiger charge is -2.15. The molecular formula is C30H34N12S2. The van der Waals surface area contributed by atoms with Gasteiger partial charge in [-0.3, -0.25) is 0 Å². The molecular weight excluding hydrogens is 593 g/mol. The maximum Gasteiger partial charge on any atom is 0.209 e. The number of para-hydroxylation sites is 2. The van der Waals surface area contributed by atoms with Crippen LogP contribution >= 0.6 is 21.6 Å². The van der Waals surface area contributed by atoms with E-state index < -0.39 is 0 Å². The molecule has 44 heavy (non-hydrogen) atoms. The van der Waals surface area contributed by atoms with Gasteiger partial charge in [0.15, 0.2) is 0 Å². The van der Waals surface area contributed by atoms with Crippen molar-refractivity contribution < 1.29 is 0 Å². The van der Waals surface area contributed by atoms with Crippen LogP contribution < -0.4 is 0 Å². The van der Waals surface area contributed by atoms with Gasteiger partial charge in [-0.1, -0.05) is 36.4 Å². The highest BCUT2D eigenvalue weighted by molar-refractivity contribution is 8.76. The van der Waals surface area contributed by atoms with Crippen molar-refractivity contribution in [1.82, 2.24) is 60.0 Å².